The van der Waals surface area contributed by atoms with Gasteiger partial charge >= 0.3 is 6.09 Å². The van der Waals surface area contributed by atoms with E-state index in [0.29, 0.717) is 12.3 Å². The van der Waals surface area contributed by atoms with Crippen LogP contribution in [0.15, 0.2) is 0 Å². The van der Waals surface area contributed by atoms with Crippen LogP contribution in [0.4, 0.5) is 4.79 Å². The average Bonchev–Trinajstić information content (AvgIpc) is 2.53. The molecule has 1 amide bonds. The molecule has 5 heteroatoms. The van der Waals surface area contributed by atoms with Gasteiger partial charge in [0, 0.05) is 0 Å². The van der Waals surface area contributed by atoms with Gasteiger partial charge in [-0.1, -0.05) is 58.8 Å². The van der Waals surface area contributed by atoms with Crippen LogP contribution in [0, 0.1) is 11.8 Å². The maximum atomic E-state index is 12.2. The fraction of sp³-hybridized carbons (Fsp3) is 0.950. The Morgan fingerprint density at radius 2 is 1.64 bits per heavy atom. The predicted octanol–water partition coefficient (Wildman–Crippen LogP) is 4.01. The van der Waals surface area contributed by atoms with Crippen molar-refractivity contribution in [3.05, 3.63) is 0 Å². The molecule has 0 aromatic heterocycles. The molecule has 1 fully saturated rings. The highest BCUT2D eigenvalue weighted by Crippen LogP contribution is 2.29. The van der Waals surface area contributed by atoms with E-state index in [-0.39, 0.29) is 5.92 Å². The average molecular weight is 358 g/mol. The van der Waals surface area contributed by atoms with Crippen molar-refractivity contribution in [1.82, 2.24) is 5.32 Å². The molecule has 0 heterocycles. The number of nitrogens with one attached hydrogen (secondary N) is 1. The minimum Gasteiger partial charge on any atom is -0.444 e. The van der Waals surface area contributed by atoms with E-state index in [0.717, 1.165) is 25.7 Å². The van der Waals surface area contributed by atoms with Crippen molar-refractivity contribution in [2.45, 2.75) is 110 Å². The standard InChI is InChI=1S/C20H39NO4/c1-6-15(7-2)17(22)18(23)16(13-14-11-9-8-10-12-14)21-19(24)25-20(3,4)5/h14-18,22-23H,6-13H2,1-5H3,(H,21,24)/t16-,17?,18+/m0/s1. The normalized spacial score (nSPS) is 20.2. The number of carbonyl (C=O) groups excluding carboxylic acids is 1. The number of amides is 1. The van der Waals surface area contributed by atoms with Crippen LogP contribution in [-0.2, 0) is 4.74 Å². The van der Waals surface area contributed by atoms with Crippen LogP contribution in [-0.4, -0.2) is 40.2 Å². The first-order valence-electron chi connectivity index (χ1n) is 10.0. The quantitative estimate of drug-likeness (QED) is 0.613. The summed E-state index contributed by atoms with van der Waals surface area (Å²) < 4.78 is 5.36. The minimum absolute atomic E-state index is 0.0318. The van der Waals surface area contributed by atoms with E-state index in [2.05, 4.69) is 5.32 Å². The summed E-state index contributed by atoms with van der Waals surface area (Å²) in [6.45, 7) is 9.48. The topological polar surface area (TPSA) is 78.8 Å². The highest BCUT2D eigenvalue weighted by Gasteiger charge is 2.34. The van der Waals surface area contributed by atoms with Gasteiger partial charge in [-0.15, -0.1) is 0 Å². The Morgan fingerprint density at radius 1 is 1.08 bits per heavy atom. The Kier molecular flexibility index (Phi) is 9.22. The lowest BCUT2D eigenvalue weighted by molar-refractivity contribution is -0.0442. The summed E-state index contributed by atoms with van der Waals surface area (Å²) in [5, 5.41) is 24.2. The summed E-state index contributed by atoms with van der Waals surface area (Å²) in [4.78, 5) is 12.2. The molecule has 0 spiro atoms. The highest BCUT2D eigenvalue weighted by atomic mass is 16.6. The first-order valence-corrected chi connectivity index (χ1v) is 10.0. The zero-order valence-corrected chi connectivity index (χ0v) is 16.8. The fourth-order valence-electron chi connectivity index (χ4n) is 3.81. The first kappa shape index (κ1) is 22.2. The molecular weight excluding hydrogens is 318 g/mol. The van der Waals surface area contributed by atoms with Crippen LogP contribution in [0.3, 0.4) is 0 Å². The number of carbonyl (C=O) groups is 1. The van der Waals surface area contributed by atoms with Gasteiger partial charge in [0.05, 0.1) is 12.1 Å². The molecule has 1 unspecified atom stereocenters. The van der Waals surface area contributed by atoms with Gasteiger partial charge in [0.2, 0.25) is 0 Å². The summed E-state index contributed by atoms with van der Waals surface area (Å²) in [5.41, 5.74) is -0.585. The van der Waals surface area contributed by atoms with E-state index in [1.165, 1.54) is 19.3 Å². The first-order chi connectivity index (χ1) is 11.7. The van der Waals surface area contributed by atoms with Crippen LogP contribution in [0.25, 0.3) is 0 Å². The number of aliphatic hydroxyl groups excluding tert-OH is 2. The predicted molar refractivity (Wildman–Crippen MR) is 100 cm³/mol. The van der Waals surface area contributed by atoms with Gasteiger partial charge in [-0.25, -0.2) is 4.79 Å². The Labute approximate surface area is 153 Å². The molecule has 0 radical (unpaired) electrons. The third kappa shape index (κ3) is 7.95. The number of aliphatic hydroxyl groups is 2. The van der Waals surface area contributed by atoms with Crippen LogP contribution in [0.1, 0.15) is 86.0 Å². The molecule has 3 atom stereocenters. The van der Waals surface area contributed by atoms with E-state index >= 15 is 0 Å². The second-order valence-corrected chi connectivity index (χ2v) is 8.55. The number of hydrogen-bond acceptors (Lipinski definition) is 4. The second-order valence-electron chi connectivity index (χ2n) is 8.55. The van der Waals surface area contributed by atoms with Gasteiger partial charge in [0.25, 0.3) is 0 Å². The molecule has 1 aliphatic rings. The molecule has 25 heavy (non-hydrogen) atoms. The summed E-state index contributed by atoms with van der Waals surface area (Å²) in [6, 6.07) is -0.478. The lowest BCUT2D eigenvalue weighted by Crippen LogP contribution is -2.52. The molecule has 3 N–H and O–H groups in total. The van der Waals surface area contributed by atoms with E-state index in [4.69, 9.17) is 4.74 Å². The van der Waals surface area contributed by atoms with Crippen LogP contribution in [0.2, 0.25) is 0 Å². The summed E-state index contributed by atoms with van der Waals surface area (Å²) in [7, 11) is 0. The zero-order valence-electron chi connectivity index (χ0n) is 16.8. The molecule has 148 valence electrons. The second kappa shape index (κ2) is 10.4. The van der Waals surface area contributed by atoms with Crippen LogP contribution in [0.5, 0.6) is 0 Å². The van der Waals surface area contributed by atoms with Gasteiger partial charge in [-0.3, -0.25) is 0 Å². The van der Waals surface area contributed by atoms with Crippen molar-refractivity contribution in [2.75, 3.05) is 0 Å². The Bertz CT molecular complexity index is 384. The number of hydrogen-bond donors (Lipinski definition) is 3. The SMILES string of the molecule is CCC(CC)C(O)[C@H](O)[C@H](CC1CCCCC1)NC(=O)OC(C)(C)C. The van der Waals surface area contributed by atoms with Crippen molar-refractivity contribution < 1.29 is 19.7 Å². The van der Waals surface area contributed by atoms with Crippen LogP contribution >= 0.6 is 0 Å². The molecule has 0 bridgehead atoms. The van der Waals surface area contributed by atoms with E-state index < -0.39 is 29.9 Å². The van der Waals surface area contributed by atoms with Gasteiger partial charge in [-0.05, 0) is 39.0 Å². The zero-order chi connectivity index (χ0) is 19.0. The molecule has 0 aliphatic heterocycles. The van der Waals surface area contributed by atoms with Crippen molar-refractivity contribution in [2.24, 2.45) is 11.8 Å². The minimum atomic E-state index is -0.973. The summed E-state index contributed by atoms with van der Waals surface area (Å²) in [5.74, 6) is 0.515. The van der Waals surface area contributed by atoms with Crippen molar-refractivity contribution >= 4 is 6.09 Å². The molecule has 1 saturated carbocycles. The maximum absolute atomic E-state index is 12.2. The summed E-state index contributed by atoms with van der Waals surface area (Å²) >= 11 is 0. The molecule has 0 aromatic carbocycles. The Balaban J connectivity index is 2.79. The molecular formula is C20H39NO4. The number of rotatable bonds is 8. The lowest BCUT2D eigenvalue weighted by atomic mass is 9.81. The van der Waals surface area contributed by atoms with Gasteiger partial charge in [0.1, 0.15) is 11.7 Å². The smallest absolute Gasteiger partial charge is 0.407 e. The van der Waals surface area contributed by atoms with Gasteiger partial charge < -0.3 is 20.3 Å². The Hall–Kier alpha value is -0.810. The maximum Gasteiger partial charge on any atom is 0.407 e. The Morgan fingerprint density at radius 3 is 2.12 bits per heavy atom. The van der Waals surface area contributed by atoms with Gasteiger partial charge in [0.15, 0.2) is 0 Å². The third-order valence-electron chi connectivity index (χ3n) is 5.31. The molecule has 1 aliphatic carbocycles. The number of alkyl carbamates (subject to hydrolysis) is 1. The van der Waals surface area contributed by atoms with Gasteiger partial charge in [-0.2, -0.15) is 0 Å². The summed E-state index contributed by atoms with van der Waals surface area (Å²) in [6.07, 6.45) is 5.89. The van der Waals surface area contributed by atoms with E-state index in [9.17, 15) is 15.0 Å². The largest absolute Gasteiger partial charge is 0.444 e. The molecule has 0 saturated heterocycles. The van der Waals surface area contributed by atoms with Crippen molar-refractivity contribution in [3.8, 4) is 0 Å². The molecule has 5 nitrogen and oxygen atoms in total. The fourth-order valence-corrected chi connectivity index (χ4v) is 3.81. The third-order valence-corrected chi connectivity index (χ3v) is 5.31. The van der Waals surface area contributed by atoms with Crippen molar-refractivity contribution in [3.63, 3.8) is 0 Å². The van der Waals surface area contributed by atoms with E-state index in [1.807, 2.05) is 34.6 Å². The monoisotopic (exact) mass is 357 g/mol. The number of ether oxygens (including phenoxy) is 1. The highest BCUT2D eigenvalue weighted by molar-refractivity contribution is 5.68. The molecule has 1 rings (SSSR count). The van der Waals surface area contributed by atoms with Crippen molar-refractivity contribution in [1.29, 1.82) is 0 Å². The molecule has 0 aromatic rings. The van der Waals surface area contributed by atoms with E-state index in [1.54, 1.807) is 0 Å². The lowest BCUT2D eigenvalue weighted by Gasteiger charge is -2.34. The van der Waals surface area contributed by atoms with Crippen LogP contribution < -0.4 is 5.32 Å².